The Balaban J connectivity index is 0.000000816. The van der Waals surface area contributed by atoms with E-state index < -0.39 is 11.7 Å². The van der Waals surface area contributed by atoms with Gasteiger partial charge in [0.05, 0.1) is 5.56 Å². The van der Waals surface area contributed by atoms with Gasteiger partial charge in [0.1, 0.15) is 0 Å². The van der Waals surface area contributed by atoms with Crippen molar-refractivity contribution >= 4 is 23.7 Å². The molecule has 0 spiro atoms. The van der Waals surface area contributed by atoms with Crippen LogP contribution in [0.5, 0.6) is 0 Å². The largest absolute Gasteiger partial charge is 0.416 e. The normalized spacial score (nSPS) is 18.5. The van der Waals surface area contributed by atoms with Crippen LogP contribution in [0, 0.1) is 0 Å². The molecule has 3 nitrogen and oxygen atoms in total. The fourth-order valence-electron chi connectivity index (χ4n) is 2.41. The Morgan fingerprint density at radius 3 is 2.70 bits per heavy atom. The third-order valence-corrected chi connectivity index (χ3v) is 3.41. The highest BCUT2D eigenvalue weighted by Crippen LogP contribution is 2.31. The van der Waals surface area contributed by atoms with Crippen molar-refractivity contribution < 1.29 is 18.0 Å². The van der Waals surface area contributed by atoms with Crippen LogP contribution in [0.4, 0.5) is 18.9 Å². The molecule has 0 saturated carbocycles. The maximum absolute atomic E-state index is 12.6. The first-order valence-corrected chi connectivity index (χ1v) is 8.13. The van der Waals surface area contributed by atoms with Crippen molar-refractivity contribution in [1.29, 1.82) is 0 Å². The van der Waals surface area contributed by atoms with Gasteiger partial charge in [-0.1, -0.05) is 13.0 Å². The maximum atomic E-state index is 12.6. The van der Waals surface area contributed by atoms with Gasteiger partial charge in [-0.15, -0.1) is 11.6 Å². The number of hydrogen-bond acceptors (Lipinski definition) is 2. The highest BCUT2D eigenvalue weighted by molar-refractivity contribution is 6.17. The second-order valence-electron chi connectivity index (χ2n) is 5.28. The summed E-state index contributed by atoms with van der Waals surface area (Å²) in [5.41, 5.74) is -0.221. The SMILES string of the molecule is CCCl.O=CN1CCCCC(Nc2cccc(C(F)(F)F)c2)C1. The average Bonchev–Trinajstić information content (AvgIpc) is 2.72. The molecule has 1 atom stereocenters. The van der Waals surface area contributed by atoms with Gasteiger partial charge in [-0.3, -0.25) is 4.79 Å². The van der Waals surface area contributed by atoms with Gasteiger partial charge in [-0.05, 0) is 37.5 Å². The first kappa shape index (κ1) is 19.6. The molecule has 2 rings (SSSR count). The molecule has 1 unspecified atom stereocenters. The molecule has 1 aliphatic heterocycles. The van der Waals surface area contributed by atoms with E-state index in [1.54, 1.807) is 11.0 Å². The van der Waals surface area contributed by atoms with Crippen LogP contribution in [0.3, 0.4) is 0 Å². The van der Waals surface area contributed by atoms with E-state index in [1.807, 2.05) is 6.92 Å². The lowest BCUT2D eigenvalue weighted by Crippen LogP contribution is -2.34. The summed E-state index contributed by atoms with van der Waals surface area (Å²) in [6.07, 6.45) is -0.802. The number of carbonyl (C=O) groups excluding carboxylic acids is 1. The lowest BCUT2D eigenvalue weighted by atomic mass is 10.1. The van der Waals surface area contributed by atoms with Gasteiger partial charge in [-0.2, -0.15) is 13.2 Å². The van der Waals surface area contributed by atoms with Crippen molar-refractivity contribution in [1.82, 2.24) is 4.90 Å². The van der Waals surface area contributed by atoms with Crippen LogP contribution >= 0.6 is 11.6 Å². The third-order valence-electron chi connectivity index (χ3n) is 3.41. The van der Waals surface area contributed by atoms with E-state index in [4.69, 9.17) is 11.6 Å². The van der Waals surface area contributed by atoms with Gasteiger partial charge in [0.15, 0.2) is 0 Å². The van der Waals surface area contributed by atoms with Crippen LogP contribution in [-0.4, -0.2) is 36.3 Å². The summed E-state index contributed by atoms with van der Waals surface area (Å²) in [6, 6.07) is 5.16. The molecule has 130 valence electrons. The molecule has 0 radical (unpaired) electrons. The fraction of sp³-hybridized carbons (Fsp3) is 0.562. The molecule has 7 heteroatoms. The summed E-state index contributed by atoms with van der Waals surface area (Å²) < 4.78 is 37.9. The van der Waals surface area contributed by atoms with Crippen molar-refractivity contribution in [3.8, 4) is 0 Å². The number of rotatable bonds is 3. The molecular formula is C16H22ClF3N2O. The summed E-state index contributed by atoms with van der Waals surface area (Å²) in [6.45, 7) is 3.13. The van der Waals surface area contributed by atoms with Crippen molar-refractivity contribution in [3.63, 3.8) is 0 Å². The number of hydrogen-bond donors (Lipinski definition) is 1. The number of likely N-dealkylation sites (tertiary alicyclic amines) is 1. The topological polar surface area (TPSA) is 32.3 Å². The van der Waals surface area contributed by atoms with E-state index in [0.717, 1.165) is 43.7 Å². The first-order valence-electron chi connectivity index (χ1n) is 7.59. The molecule has 1 saturated heterocycles. The van der Waals surface area contributed by atoms with E-state index >= 15 is 0 Å². The molecule has 23 heavy (non-hydrogen) atoms. The van der Waals surface area contributed by atoms with Crippen molar-refractivity contribution in [2.45, 2.75) is 38.4 Å². The van der Waals surface area contributed by atoms with Crippen LogP contribution in [0.1, 0.15) is 31.7 Å². The third kappa shape index (κ3) is 7.12. The van der Waals surface area contributed by atoms with Crippen LogP contribution in [-0.2, 0) is 11.0 Å². The molecular weight excluding hydrogens is 329 g/mol. The molecule has 1 aromatic carbocycles. The monoisotopic (exact) mass is 350 g/mol. The molecule has 0 aromatic heterocycles. The summed E-state index contributed by atoms with van der Waals surface area (Å²) in [5.74, 6) is 0.722. The number of alkyl halides is 4. The number of benzene rings is 1. The number of nitrogens with one attached hydrogen (secondary N) is 1. The number of nitrogens with zero attached hydrogens (tertiary/aromatic N) is 1. The van der Waals surface area contributed by atoms with E-state index in [1.165, 1.54) is 6.07 Å². The number of carbonyl (C=O) groups is 1. The molecule has 1 heterocycles. The summed E-state index contributed by atoms with van der Waals surface area (Å²) in [5, 5.41) is 3.10. The maximum Gasteiger partial charge on any atom is 0.416 e. The molecule has 1 N–H and O–H groups in total. The number of halogens is 4. The van der Waals surface area contributed by atoms with Crippen LogP contribution in [0.15, 0.2) is 24.3 Å². The van der Waals surface area contributed by atoms with Gasteiger partial charge in [0, 0.05) is 30.7 Å². The van der Waals surface area contributed by atoms with Crippen LogP contribution in [0.2, 0.25) is 0 Å². The zero-order valence-electron chi connectivity index (χ0n) is 13.1. The van der Waals surface area contributed by atoms with Crippen LogP contribution < -0.4 is 5.32 Å². The Morgan fingerprint density at radius 1 is 1.39 bits per heavy atom. The Morgan fingerprint density at radius 2 is 2.09 bits per heavy atom. The van der Waals surface area contributed by atoms with Crippen LogP contribution in [0.25, 0.3) is 0 Å². The lowest BCUT2D eigenvalue weighted by Gasteiger charge is -2.22. The van der Waals surface area contributed by atoms with E-state index in [2.05, 4.69) is 5.32 Å². The minimum absolute atomic E-state index is 0.00816. The quantitative estimate of drug-likeness (QED) is 0.648. The minimum Gasteiger partial charge on any atom is -0.381 e. The summed E-state index contributed by atoms with van der Waals surface area (Å²) in [4.78, 5) is 12.5. The Kier molecular flexibility index (Phi) is 8.23. The van der Waals surface area contributed by atoms with Gasteiger partial charge in [-0.25, -0.2) is 0 Å². The van der Waals surface area contributed by atoms with E-state index in [0.29, 0.717) is 18.8 Å². The smallest absolute Gasteiger partial charge is 0.381 e. The highest BCUT2D eigenvalue weighted by atomic mass is 35.5. The first-order chi connectivity index (χ1) is 10.9. The van der Waals surface area contributed by atoms with Gasteiger partial charge in [0.25, 0.3) is 0 Å². The van der Waals surface area contributed by atoms with E-state index in [9.17, 15) is 18.0 Å². The van der Waals surface area contributed by atoms with Gasteiger partial charge < -0.3 is 10.2 Å². The van der Waals surface area contributed by atoms with Crippen molar-refractivity contribution in [3.05, 3.63) is 29.8 Å². The highest BCUT2D eigenvalue weighted by Gasteiger charge is 2.30. The molecule has 0 aliphatic carbocycles. The van der Waals surface area contributed by atoms with Crippen molar-refractivity contribution in [2.75, 3.05) is 24.3 Å². The Bertz CT molecular complexity index is 483. The second kappa shape index (κ2) is 9.65. The fourth-order valence-corrected chi connectivity index (χ4v) is 2.41. The van der Waals surface area contributed by atoms with Crippen molar-refractivity contribution in [2.24, 2.45) is 0 Å². The predicted octanol–water partition coefficient (Wildman–Crippen LogP) is 4.37. The lowest BCUT2D eigenvalue weighted by molar-refractivity contribution is -0.137. The molecule has 1 fully saturated rings. The predicted molar refractivity (Wildman–Crippen MR) is 86.7 cm³/mol. The number of amides is 1. The molecule has 1 aliphatic rings. The van der Waals surface area contributed by atoms with Gasteiger partial charge in [0.2, 0.25) is 6.41 Å². The zero-order valence-corrected chi connectivity index (χ0v) is 13.8. The summed E-state index contributed by atoms with van der Waals surface area (Å²) in [7, 11) is 0. The zero-order chi connectivity index (χ0) is 17.3. The minimum atomic E-state index is -4.34. The second-order valence-corrected chi connectivity index (χ2v) is 5.82. The Hall–Kier alpha value is -1.43. The standard InChI is InChI=1S/C14H17F3N2O.C2H5Cl/c15-14(16,17)11-4-3-6-12(8-11)18-13-5-1-2-7-19(9-13)10-20;1-2-3/h3-4,6,8,10,13,18H,1-2,5,7,9H2;2H2,1H3. The average molecular weight is 351 g/mol. The van der Waals surface area contributed by atoms with E-state index in [-0.39, 0.29) is 6.04 Å². The Labute approximate surface area is 139 Å². The summed E-state index contributed by atoms with van der Waals surface area (Å²) >= 11 is 5.00. The number of anilines is 1. The molecule has 1 amide bonds. The molecule has 0 bridgehead atoms. The molecule has 1 aromatic rings. The van der Waals surface area contributed by atoms with Gasteiger partial charge >= 0.3 is 6.18 Å².